The lowest BCUT2D eigenvalue weighted by atomic mass is 10.0. The number of amides is 1. The normalized spacial score (nSPS) is 22.3. The Morgan fingerprint density at radius 1 is 1.15 bits per heavy atom. The molecule has 4 heterocycles. The standard InChI is InChI=1S/C28H31N5O4S3/c1-3-32-25(31-12-10-30(11-13-31)17-20-7-5-4-6-8-20)22(19(2)23(16-29)26(32)34)15-24-27(35)33(28(38)39-24)21-9-14-40(36,37)18-21/h4-8,15,21H,3,9-14,17-18H2,1-2H3/b24-15-. The molecule has 0 spiro atoms. The first-order chi connectivity index (χ1) is 19.1. The van der Waals surface area contributed by atoms with Gasteiger partial charge in [-0.25, -0.2) is 8.42 Å². The number of nitriles is 1. The molecule has 3 aliphatic rings. The number of hydrogen-bond donors (Lipinski definition) is 0. The maximum atomic E-state index is 13.5. The number of pyridine rings is 1. The number of rotatable bonds is 6. The SMILES string of the molecule is CCn1c(N2CCN(Cc3ccccc3)CC2)c(/C=C2\SC(=S)N(C3CCS(=O)(=O)C3)C2=O)c(C)c(C#N)c1=O. The van der Waals surface area contributed by atoms with E-state index in [0.717, 1.165) is 31.4 Å². The van der Waals surface area contributed by atoms with E-state index in [-0.39, 0.29) is 28.5 Å². The van der Waals surface area contributed by atoms with Gasteiger partial charge in [0, 0.05) is 44.8 Å². The lowest BCUT2D eigenvalue weighted by molar-refractivity contribution is -0.123. The highest BCUT2D eigenvalue weighted by atomic mass is 32.2. The van der Waals surface area contributed by atoms with Crippen LogP contribution in [0.3, 0.4) is 0 Å². The molecular formula is C28H31N5O4S3. The molecule has 0 radical (unpaired) electrons. The number of carbonyl (C=O) groups excluding carboxylic acids is 1. The van der Waals surface area contributed by atoms with E-state index in [0.29, 0.717) is 52.2 Å². The fourth-order valence-corrected chi connectivity index (χ4v) is 8.72. The smallest absolute Gasteiger partial charge is 0.270 e. The summed E-state index contributed by atoms with van der Waals surface area (Å²) in [7, 11) is -3.20. The summed E-state index contributed by atoms with van der Waals surface area (Å²) < 4.78 is 26.1. The maximum Gasteiger partial charge on any atom is 0.270 e. The van der Waals surface area contributed by atoms with Gasteiger partial charge in [0.25, 0.3) is 11.5 Å². The first-order valence-corrected chi connectivity index (χ1v) is 16.3. The van der Waals surface area contributed by atoms with Gasteiger partial charge >= 0.3 is 0 Å². The zero-order chi connectivity index (χ0) is 28.6. The van der Waals surface area contributed by atoms with Gasteiger partial charge in [-0.3, -0.25) is 24.0 Å². The molecular weight excluding hydrogens is 567 g/mol. The Morgan fingerprint density at radius 2 is 1.85 bits per heavy atom. The van der Waals surface area contributed by atoms with E-state index in [2.05, 4.69) is 28.0 Å². The van der Waals surface area contributed by atoms with Crippen molar-refractivity contribution < 1.29 is 13.2 Å². The van der Waals surface area contributed by atoms with Gasteiger partial charge in [-0.1, -0.05) is 54.3 Å². The molecule has 40 heavy (non-hydrogen) atoms. The molecule has 5 rings (SSSR count). The van der Waals surface area contributed by atoms with Gasteiger partial charge in [-0.2, -0.15) is 5.26 Å². The Kier molecular flexibility index (Phi) is 8.20. The Bertz CT molecular complexity index is 1590. The highest BCUT2D eigenvalue weighted by molar-refractivity contribution is 8.26. The van der Waals surface area contributed by atoms with E-state index in [4.69, 9.17) is 12.2 Å². The molecule has 3 aliphatic heterocycles. The molecule has 1 amide bonds. The molecule has 0 aliphatic carbocycles. The number of hydrogen-bond acceptors (Lipinski definition) is 9. The molecule has 3 saturated heterocycles. The predicted octanol–water partition coefficient (Wildman–Crippen LogP) is 2.76. The molecule has 1 aromatic carbocycles. The number of benzene rings is 1. The third-order valence-electron chi connectivity index (χ3n) is 7.76. The molecule has 12 heteroatoms. The average Bonchev–Trinajstić information content (AvgIpc) is 3.43. The van der Waals surface area contributed by atoms with E-state index < -0.39 is 15.9 Å². The Morgan fingerprint density at radius 3 is 2.45 bits per heavy atom. The molecule has 0 N–H and O–H groups in total. The quantitative estimate of drug-likeness (QED) is 0.367. The molecule has 210 valence electrons. The summed E-state index contributed by atoms with van der Waals surface area (Å²) in [6.45, 7) is 7.77. The first-order valence-electron chi connectivity index (χ1n) is 13.3. The minimum Gasteiger partial charge on any atom is -0.355 e. The van der Waals surface area contributed by atoms with Crippen molar-refractivity contribution in [2.24, 2.45) is 0 Å². The Balaban J connectivity index is 1.49. The third-order valence-corrected chi connectivity index (χ3v) is 10.8. The van der Waals surface area contributed by atoms with Gasteiger partial charge in [0.15, 0.2) is 9.84 Å². The summed E-state index contributed by atoms with van der Waals surface area (Å²) in [6.07, 6.45) is 2.09. The molecule has 3 fully saturated rings. The van der Waals surface area contributed by atoms with Crippen LogP contribution < -0.4 is 10.5 Å². The van der Waals surface area contributed by atoms with E-state index in [1.165, 1.54) is 10.5 Å². The Hall–Kier alpha value is -2.98. The van der Waals surface area contributed by atoms with Crippen LogP contribution in [-0.2, 0) is 27.7 Å². The second kappa shape index (κ2) is 11.5. The highest BCUT2D eigenvalue weighted by Gasteiger charge is 2.42. The van der Waals surface area contributed by atoms with Gasteiger partial charge in [-0.05, 0) is 37.5 Å². The fraction of sp³-hybridized carbons (Fsp3) is 0.429. The van der Waals surface area contributed by atoms with Crippen molar-refractivity contribution in [1.82, 2.24) is 14.4 Å². The minimum absolute atomic E-state index is 0.0419. The number of anilines is 1. The zero-order valence-corrected chi connectivity index (χ0v) is 24.9. The van der Waals surface area contributed by atoms with Crippen LogP contribution in [-0.4, -0.2) is 76.7 Å². The molecule has 9 nitrogen and oxygen atoms in total. The lowest BCUT2D eigenvalue weighted by Gasteiger charge is -2.38. The van der Waals surface area contributed by atoms with Crippen molar-refractivity contribution in [3.05, 3.63) is 67.8 Å². The topological polar surface area (TPSA) is 107 Å². The van der Waals surface area contributed by atoms with E-state index in [1.807, 2.05) is 25.1 Å². The summed E-state index contributed by atoms with van der Waals surface area (Å²) >= 11 is 6.64. The van der Waals surface area contributed by atoms with Crippen LogP contribution in [0.25, 0.3) is 6.08 Å². The highest BCUT2D eigenvalue weighted by Crippen LogP contribution is 2.38. The van der Waals surface area contributed by atoms with Crippen LogP contribution >= 0.6 is 24.0 Å². The molecule has 1 aromatic heterocycles. The second-order valence-corrected chi connectivity index (χ2v) is 14.2. The number of aromatic nitrogens is 1. The van der Waals surface area contributed by atoms with Crippen molar-refractivity contribution in [2.45, 2.75) is 39.4 Å². The number of carbonyl (C=O) groups is 1. The van der Waals surface area contributed by atoms with E-state index >= 15 is 0 Å². The van der Waals surface area contributed by atoms with Crippen LogP contribution in [0.5, 0.6) is 0 Å². The monoisotopic (exact) mass is 597 g/mol. The van der Waals surface area contributed by atoms with Crippen molar-refractivity contribution >= 4 is 55.9 Å². The van der Waals surface area contributed by atoms with Crippen molar-refractivity contribution in [3.63, 3.8) is 0 Å². The van der Waals surface area contributed by atoms with Gasteiger partial charge < -0.3 is 4.90 Å². The molecule has 1 unspecified atom stereocenters. The van der Waals surface area contributed by atoms with Crippen LogP contribution in [0.15, 0.2) is 40.0 Å². The van der Waals surface area contributed by atoms with Crippen molar-refractivity contribution in [2.75, 3.05) is 42.6 Å². The number of thiocarbonyl (C=S) groups is 1. The van der Waals surface area contributed by atoms with Gasteiger partial charge in [-0.15, -0.1) is 0 Å². The summed E-state index contributed by atoms with van der Waals surface area (Å²) in [5, 5.41) is 9.85. The van der Waals surface area contributed by atoms with Crippen LogP contribution in [0.1, 0.15) is 35.6 Å². The second-order valence-electron chi connectivity index (χ2n) is 10.3. The third kappa shape index (κ3) is 5.48. The number of piperazine rings is 1. The summed E-state index contributed by atoms with van der Waals surface area (Å²) in [5.74, 6) is 0.309. The van der Waals surface area contributed by atoms with E-state index in [9.17, 15) is 23.3 Å². The first kappa shape index (κ1) is 28.5. The van der Waals surface area contributed by atoms with Crippen LogP contribution in [0.4, 0.5) is 5.82 Å². The molecule has 2 aromatic rings. The zero-order valence-electron chi connectivity index (χ0n) is 22.5. The van der Waals surface area contributed by atoms with Crippen molar-refractivity contribution in [3.8, 4) is 6.07 Å². The average molecular weight is 598 g/mol. The van der Waals surface area contributed by atoms with Crippen LogP contribution in [0, 0.1) is 18.3 Å². The van der Waals surface area contributed by atoms with Crippen LogP contribution in [0.2, 0.25) is 0 Å². The van der Waals surface area contributed by atoms with Crippen molar-refractivity contribution in [1.29, 1.82) is 5.26 Å². The summed E-state index contributed by atoms with van der Waals surface area (Å²) in [6, 6.07) is 11.9. The summed E-state index contributed by atoms with van der Waals surface area (Å²) in [4.78, 5) is 33.2. The number of sulfone groups is 1. The fourth-order valence-electron chi connectivity index (χ4n) is 5.64. The lowest BCUT2D eigenvalue weighted by Crippen LogP contribution is -2.48. The largest absolute Gasteiger partial charge is 0.355 e. The van der Waals surface area contributed by atoms with Gasteiger partial charge in [0.2, 0.25) is 0 Å². The number of nitrogens with zero attached hydrogens (tertiary/aromatic N) is 5. The minimum atomic E-state index is -3.20. The number of thioether (sulfide) groups is 1. The molecule has 1 atom stereocenters. The van der Waals surface area contributed by atoms with E-state index in [1.54, 1.807) is 17.6 Å². The predicted molar refractivity (Wildman–Crippen MR) is 162 cm³/mol. The van der Waals surface area contributed by atoms with Gasteiger partial charge in [0.1, 0.15) is 21.8 Å². The molecule has 0 bridgehead atoms. The summed E-state index contributed by atoms with van der Waals surface area (Å²) in [5.41, 5.74) is 2.12. The maximum absolute atomic E-state index is 13.5. The Labute approximate surface area is 244 Å². The molecule has 0 saturated carbocycles. The van der Waals surface area contributed by atoms with Gasteiger partial charge in [0.05, 0.1) is 22.5 Å².